The lowest BCUT2D eigenvalue weighted by Crippen LogP contribution is -2.29. The maximum Gasteiger partial charge on any atom is 0.183 e. The molecule has 0 aromatic heterocycles. The smallest absolute Gasteiger partial charge is 0.183 e. The zero-order valence-corrected chi connectivity index (χ0v) is 18.7. The summed E-state index contributed by atoms with van der Waals surface area (Å²) in [5, 5.41) is 0. The zero-order valence-electron chi connectivity index (χ0n) is 17.7. The van der Waals surface area contributed by atoms with Gasteiger partial charge in [0.05, 0.1) is 0 Å². The van der Waals surface area contributed by atoms with Crippen molar-refractivity contribution in [3.05, 3.63) is 83.0 Å². The van der Waals surface area contributed by atoms with E-state index in [-0.39, 0.29) is 5.41 Å². The first-order valence-electron chi connectivity index (χ1n) is 10.6. The van der Waals surface area contributed by atoms with Crippen LogP contribution in [0.5, 0.6) is 0 Å². The van der Waals surface area contributed by atoms with Crippen LogP contribution in [0.4, 0.5) is 0 Å². The predicted molar refractivity (Wildman–Crippen MR) is 122 cm³/mol. The maximum absolute atomic E-state index is 6.17. The van der Waals surface area contributed by atoms with Crippen LogP contribution < -0.4 is 0 Å². The van der Waals surface area contributed by atoms with Crippen molar-refractivity contribution in [1.29, 1.82) is 0 Å². The minimum absolute atomic E-state index is 0.0691. The van der Waals surface area contributed by atoms with Gasteiger partial charge in [-0.3, -0.25) is 0 Å². The summed E-state index contributed by atoms with van der Waals surface area (Å²) >= 11 is 0. The lowest BCUT2D eigenvalue weighted by molar-refractivity contribution is 0.286. The first-order valence-corrected chi connectivity index (χ1v) is 14.0. The van der Waals surface area contributed by atoms with Crippen molar-refractivity contribution >= 4 is 8.32 Å². The molecule has 0 bridgehead atoms. The summed E-state index contributed by atoms with van der Waals surface area (Å²) in [6, 6.07) is 15.8. The number of hydrogen-bond acceptors (Lipinski definition) is 1. The van der Waals surface area contributed by atoms with E-state index in [1.807, 2.05) is 0 Å². The quantitative estimate of drug-likeness (QED) is 0.312. The van der Waals surface area contributed by atoms with Crippen molar-refractivity contribution in [3.8, 4) is 11.1 Å². The van der Waals surface area contributed by atoms with Gasteiger partial charge in [-0.25, -0.2) is 0 Å². The third-order valence-electron chi connectivity index (χ3n) is 6.28. The molecule has 2 heteroatoms. The second-order valence-corrected chi connectivity index (χ2v) is 13.9. The molecule has 0 saturated carbocycles. The number of benzene rings is 2. The Bertz CT molecular complexity index is 932. The molecule has 0 N–H and O–H groups in total. The van der Waals surface area contributed by atoms with Crippen molar-refractivity contribution < 1.29 is 4.43 Å². The molecule has 146 valence electrons. The normalized spacial score (nSPS) is 17.2. The highest BCUT2D eigenvalue weighted by atomic mass is 28.4. The molecule has 0 amide bonds. The van der Waals surface area contributed by atoms with Crippen molar-refractivity contribution in [3.63, 3.8) is 0 Å². The van der Waals surface area contributed by atoms with Gasteiger partial charge in [0.2, 0.25) is 0 Å². The van der Waals surface area contributed by atoms with E-state index in [1.54, 1.807) is 5.57 Å². The molecule has 1 nitrogen and oxygen atoms in total. The number of allylic oxidation sites excluding steroid dienone is 4. The molecule has 4 rings (SSSR count). The summed E-state index contributed by atoms with van der Waals surface area (Å²) in [4.78, 5) is 0. The molecule has 0 aliphatic heterocycles. The standard InChI is InChI=1S/C26H32OSi/c1-26(21-12-6-7-13-21,17-10-18-27-28(2,3)4)25-16-9-15-23-22-14-8-5-11-20(22)19-24(23)25/h5-9,11-12,14-16H,10,13,17-19H2,1-4H3. The van der Waals surface area contributed by atoms with E-state index >= 15 is 0 Å². The van der Waals surface area contributed by atoms with Gasteiger partial charge >= 0.3 is 0 Å². The molecule has 0 heterocycles. The lowest BCUT2D eigenvalue weighted by Gasteiger charge is -2.34. The van der Waals surface area contributed by atoms with Crippen molar-refractivity contribution in [2.45, 2.75) is 57.7 Å². The third kappa shape index (κ3) is 3.68. The molecule has 0 fully saturated rings. The Morgan fingerprint density at radius 3 is 2.54 bits per heavy atom. The van der Waals surface area contributed by atoms with Gasteiger partial charge in [0.1, 0.15) is 0 Å². The number of hydrogen-bond donors (Lipinski definition) is 0. The lowest BCUT2D eigenvalue weighted by atomic mass is 9.70. The van der Waals surface area contributed by atoms with Gasteiger partial charge in [0.25, 0.3) is 0 Å². The summed E-state index contributed by atoms with van der Waals surface area (Å²) in [6.45, 7) is 10.2. The van der Waals surface area contributed by atoms with Crippen LogP contribution in [0.2, 0.25) is 19.6 Å². The van der Waals surface area contributed by atoms with Crippen molar-refractivity contribution in [1.82, 2.24) is 0 Å². The van der Waals surface area contributed by atoms with Crippen LogP contribution in [0.25, 0.3) is 11.1 Å². The van der Waals surface area contributed by atoms with E-state index in [0.29, 0.717) is 0 Å². The molecule has 0 spiro atoms. The summed E-state index contributed by atoms with van der Waals surface area (Å²) in [5.74, 6) is 0. The van der Waals surface area contributed by atoms with Crippen LogP contribution in [0.15, 0.2) is 66.3 Å². The van der Waals surface area contributed by atoms with E-state index in [2.05, 4.69) is 87.3 Å². The van der Waals surface area contributed by atoms with Gasteiger partial charge in [0.15, 0.2) is 8.32 Å². The van der Waals surface area contributed by atoms with Crippen molar-refractivity contribution in [2.75, 3.05) is 6.61 Å². The van der Waals surface area contributed by atoms with E-state index < -0.39 is 8.32 Å². The number of fused-ring (bicyclic) bond motifs is 3. The Hall–Kier alpha value is -1.90. The fourth-order valence-corrected chi connectivity index (χ4v) is 5.56. The Kier molecular flexibility index (Phi) is 5.20. The third-order valence-corrected chi connectivity index (χ3v) is 7.35. The molecule has 28 heavy (non-hydrogen) atoms. The summed E-state index contributed by atoms with van der Waals surface area (Å²) in [6.07, 6.45) is 11.2. The summed E-state index contributed by atoms with van der Waals surface area (Å²) in [5.41, 5.74) is 8.98. The van der Waals surface area contributed by atoms with E-state index in [1.165, 1.54) is 27.8 Å². The number of rotatable bonds is 7. The zero-order chi connectivity index (χ0) is 19.8. The van der Waals surface area contributed by atoms with Crippen LogP contribution in [-0.2, 0) is 16.3 Å². The van der Waals surface area contributed by atoms with E-state index in [4.69, 9.17) is 4.43 Å². The second-order valence-electron chi connectivity index (χ2n) is 9.39. The fraction of sp³-hybridized carbons (Fsp3) is 0.385. The Labute approximate surface area is 171 Å². The van der Waals surface area contributed by atoms with Gasteiger partial charge in [0, 0.05) is 12.0 Å². The minimum Gasteiger partial charge on any atom is -0.418 e. The maximum atomic E-state index is 6.17. The molecule has 0 radical (unpaired) electrons. The molecule has 2 aliphatic carbocycles. The van der Waals surface area contributed by atoms with Crippen LogP contribution in [0.1, 0.15) is 42.9 Å². The average Bonchev–Trinajstić information content (AvgIpc) is 3.32. The first-order chi connectivity index (χ1) is 13.4. The Morgan fingerprint density at radius 2 is 1.79 bits per heavy atom. The van der Waals surface area contributed by atoms with Crippen LogP contribution >= 0.6 is 0 Å². The molecule has 2 aromatic rings. The van der Waals surface area contributed by atoms with Gasteiger partial charge in [-0.15, -0.1) is 0 Å². The minimum atomic E-state index is -1.45. The Balaban J connectivity index is 1.67. The highest BCUT2D eigenvalue weighted by molar-refractivity contribution is 6.69. The molecule has 1 atom stereocenters. The predicted octanol–water partition coefficient (Wildman–Crippen LogP) is 7.03. The van der Waals surface area contributed by atoms with Gasteiger partial charge in [-0.05, 0) is 73.1 Å². The highest BCUT2D eigenvalue weighted by Crippen LogP contribution is 2.47. The molecule has 0 saturated heterocycles. The van der Waals surface area contributed by atoms with Crippen LogP contribution in [-0.4, -0.2) is 14.9 Å². The molecule has 1 unspecified atom stereocenters. The van der Waals surface area contributed by atoms with Gasteiger partial charge in [-0.2, -0.15) is 0 Å². The first kappa shape index (κ1) is 19.4. The Morgan fingerprint density at radius 1 is 1.00 bits per heavy atom. The molecular formula is C26H32OSi. The average molecular weight is 389 g/mol. The summed E-state index contributed by atoms with van der Waals surface area (Å²) < 4.78 is 6.17. The molecule has 2 aliphatic rings. The van der Waals surface area contributed by atoms with Crippen LogP contribution in [0, 0.1) is 0 Å². The van der Waals surface area contributed by atoms with E-state index in [9.17, 15) is 0 Å². The monoisotopic (exact) mass is 388 g/mol. The molecular weight excluding hydrogens is 356 g/mol. The summed E-state index contributed by atoms with van der Waals surface area (Å²) in [7, 11) is -1.45. The van der Waals surface area contributed by atoms with Gasteiger partial charge < -0.3 is 4.43 Å². The van der Waals surface area contributed by atoms with Crippen LogP contribution in [0.3, 0.4) is 0 Å². The van der Waals surface area contributed by atoms with Crippen molar-refractivity contribution in [2.24, 2.45) is 0 Å². The topological polar surface area (TPSA) is 9.23 Å². The highest BCUT2D eigenvalue weighted by Gasteiger charge is 2.35. The second kappa shape index (κ2) is 7.49. The van der Waals surface area contributed by atoms with E-state index in [0.717, 1.165) is 32.3 Å². The fourth-order valence-electron chi connectivity index (χ4n) is 4.80. The SMILES string of the molecule is CC(CCCO[Si](C)(C)C)(C1=CC=CC1)c1cccc2c1Cc1ccccc1-2. The largest absolute Gasteiger partial charge is 0.418 e. The van der Waals surface area contributed by atoms with Gasteiger partial charge in [-0.1, -0.05) is 73.2 Å². The molecule has 2 aromatic carbocycles.